The fourth-order valence-corrected chi connectivity index (χ4v) is 1.40. The van der Waals surface area contributed by atoms with Crippen LogP contribution in [0, 0.1) is 0 Å². The van der Waals surface area contributed by atoms with Crippen LogP contribution in [0.25, 0.3) is 11.3 Å². The van der Waals surface area contributed by atoms with Crippen LogP contribution in [-0.4, -0.2) is 27.3 Å². The van der Waals surface area contributed by atoms with Crippen molar-refractivity contribution in [2.45, 2.75) is 0 Å². The highest BCUT2D eigenvalue weighted by Gasteiger charge is 2.10. The largest absolute Gasteiger partial charge is 0.465 e. The number of anilines is 1. The monoisotopic (exact) mass is 274 g/mol. The average Bonchev–Trinajstić information content (AvgIpc) is 2.38. The second-order valence-electron chi connectivity index (χ2n) is 3.67. The number of amides is 2. The third-order valence-electron chi connectivity index (χ3n) is 2.23. The number of nitrogens with zero attached hydrogens (tertiary/aromatic N) is 2. The summed E-state index contributed by atoms with van der Waals surface area (Å²) in [6.45, 7) is 0. The van der Waals surface area contributed by atoms with Crippen LogP contribution in [-0.2, 0) is 0 Å². The molecule has 0 atom stereocenters. The van der Waals surface area contributed by atoms with Gasteiger partial charge in [0.25, 0.3) is 0 Å². The molecule has 1 aromatic carbocycles. The lowest BCUT2D eigenvalue weighted by molar-refractivity contribution is 0.175. The fraction of sp³-hybridized carbons (Fsp3) is 0. The van der Waals surface area contributed by atoms with Gasteiger partial charge in [0.2, 0.25) is 0 Å². The molecule has 0 fully saturated rings. The lowest BCUT2D eigenvalue weighted by Crippen LogP contribution is -2.31. The number of ether oxygens (including phenoxy) is 1. The van der Waals surface area contributed by atoms with Gasteiger partial charge in [0.05, 0.1) is 5.69 Å². The van der Waals surface area contributed by atoms with Crippen molar-refractivity contribution >= 4 is 17.9 Å². The Labute approximate surface area is 113 Å². The summed E-state index contributed by atoms with van der Waals surface area (Å²) in [5.41, 5.74) is 7.46. The van der Waals surface area contributed by atoms with Crippen LogP contribution in [0.3, 0.4) is 0 Å². The minimum Gasteiger partial charge on any atom is -0.465 e. The summed E-state index contributed by atoms with van der Waals surface area (Å²) in [6.07, 6.45) is -1.31. The third kappa shape index (κ3) is 3.42. The normalized spacial score (nSPS) is 9.80. The molecule has 0 spiro atoms. The van der Waals surface area contributed by atoms with Crippen LogP contribution in [0.5, 0.6) is 6.01 Å². The van der Waals surface area contributed by atoms with Crippen molar-refractivity contribution in [2.24, 2.45) is 0 Å². The van der Waals surface area contributed by atoms with Gasteiger partial charge in [-0.15, -0.1) is 0 Å². The summed E-state index contributed by atoms with van der Waals surface area (Å²) in [5, 5.41) is 9.87. The maximum absolute atomic E-state index is 11.1. The van der Waals surface area contributed by atoms with E-state index in [1.807, 2.05) is 0 Å². The summed E-state index contributed by atoms with van der Waals surface area (Å²) in [4.78, 5) is 29.1. The molecule has 0 aliphatic rings. The highest BCUT2D eigenvalue weighted by atomic mass is 16.6. The lowest BCUT2D eigenvalue weighted by Gasteiger charge is -2.04. The summed E-state index contributed by atoms with van der Waals surface area (Å²) >= 11 is 0. The number of carbonyl (C=O) groups excluding carboxylic acids is 1. The van der Waals surface area contributed by atoms with E-state index < -0.39 is 12.2 Å². The quantitative estimate of drug-likeness (QED) is 0.708. The van der Waals surface area contributed by atoms with Crippen LogP contribution < -0.4 is 15.8 Å². The van der Waals surface area contributed by atoms with Crippen LogP contribution in [0.2, 0.25) is 0 Å². The number of benzene rings is 1. The number of carbonyl (C=O) groups is 2. The Hall–Kier alpha value is -3.16. The van der Waals surface area contributed by atoms with Gasteiger partial charge in [-0.25, -0.2) is 19.9 Å². The molecule has 4 N–H and O–H groups in total. The number of hydrogen-bond donors (Lipinski definition) is 3. The van der Waals surface area contributed by atoms with E-state index in [1.165, 1.54) is 11.5 Å². The molecule has 0 saturated heterocycles. The van der Waals surface area contributed by atoms with Gasteiger partial charge < -0.3 is 15.6 Å². The highest BCUT2D eigenvalue weighted by Crippen LogP contribution is 2.19. The van der Waals surface area contributed by atoms with Crippen molar-refractivity contribution in [3.63, 3.8) is 0 Å². The van der Waals surface area contributed by atoms with E-state index in [0.29, 0.717) is 11.4 Å². The van der Waals surface area contributed by atoms with E-state index in [9.17, 15) is 9.59 Å². The smallest absolute Gasteiger partial charge is 0.424 e. The third-order valence-corrected chi connectivity index (χ3v) is 2.23. The molecule has 0 bridgehead atoms. The molecule has 0 radical (unpaired) electrons. The molecule has 0 aliphatic heterocycles. The molecule has 0 aliphatic carbocycles. The van der Waals surface area contributed by atoms with Gasteiger partial charge in [0.1, 0.15) is 0 Å². The first-order chi connectivity index (χ1) is 9.54. The zero-order valence-electron chi connectivity index (χ0n) is 10.1. The zero-order valence-corrected chi connectivity index (χ0v) is 10.1. The Balaban J connectivity index is 2.17. The molecule has 2 amide bonds. The molecule has 1 aromatic heterocycles. The number of aromatic nitrogens is 2. The predicted molar refractivity (Wildman–Crippen MR) is 69.1 cm³/mol. The average molecular weight is 274 g/mol. The Morgan fingerprint density at radius 3 is 2.55 bits per heavy atom. The van der Waals surface area contributed by atoms with Crippen LogP contribution in [0.1, 0.15) is 0 Å². The van der Waals surface area contributed by atoms with E-state index >= 15 is 0 Å². The number of carboxylic acid groups (broad SMARTS) is 1. The molecular weight excluding hydrogens is 264 g/mol. The van der Waals surface area contributed by atoms with Gasteiger partial charge >= 0.3 is 18.2 Å². The first kappa shape index (κ1) is 13.3. The number of nitrogen functional groups attached to an aromatic ring is 1. The van der Waals surface area contributed by atoms with E-state index in [1.54, 1.807) is 30.3 Å². The van der Waals surface area contributed by atoms with Crippen molar-refractivity contribution in [1.82, 2.24) is 15.3 Å². The molecule has 2 rings (SSSR count). The second kappa shape index (κ2) is 5.65. The first-order valence-electron chi connectivity index (χ1n) is 5.45. The van der Waals surface area contributed by atoms with E-state index in [0.717, 1.165) is 5.56 Å². The molecule has 8 heteroatoms. The number of nitrogens with one attached hydrogen (secondary N) is 1. The van der Waals surface area contributed by atoms with Gasteiger partial charge in [0.15, 0.2) is 0 Å². The van der Waals surface area contributed by atoms with Crippen molar-refractivity contribution in [2.75, 3.05) is 5.73 Å². The minimum atomic E-state index is -1.52. The minimum absolute atomic E-state index is 0.252. The molecule has 0 saturated carbocycles. The number of hydrogen-bond acceptors (Lipinski definition) is 6. The standard InChI is InChI=1S/C12H10N4O4/c13-8-3-1-7(2-4-8)9-5-6-14-10(15-9)20-12(19)16-11(17)18/h1-6H,13H2,(H,16,19)(H,17,18). The number of rotatable bonds is 2. The molecule has 20 heavy (non-hydrogen) atoms. The summed E-state index contributed by atoms with van der Waals surface area (Å²) in [6, 6.07) is 8.27. The Bertz CT molecular complexity index is 642. The fourth-order valence-electron chi connectivity index (χ4n) is 1.40. The zero-order chi connectivity index (χ0) is 14.5. The van der Waals surface area contributed by atoms with Gasteiger partial charge in [-0.05, 0) is 18.2 Å². The van der Waals surface area contributed by atoms with Gasteiger partial charge in [-0.1, -0.05) is 12.1 Å². The maximum atomic E-state index is 11.1. The van der Waals surface area contributed by atoms with Crippen LogP contribution >= 0.6 is 0 Å². The SMILES string of the molecule is Nc1ccc(-c2ccnc(OC(=O)NC(=O)O)n2)cc1. The number of nitrogens with two attached hydrogens (primary N) is 1. The molecular formula is C12H10N4O4. The predicted octanol–water partition coefficient (Wildman–Crippen LogP) is 1.49. The van der Waals surface area contributed by atoms with Crippen molar-refractivity contribution in [1.29, 1.82) is 0 Å². The second-order valence-corrected chi connectivity index (χ2v) is 3.67. The van der Waals surface area contributed by atoms with Crippen LogP contribution in [0.15, 0.2) is 36.5 Å². The Morgan fingerprint density at radius 1 is 1.20 bits per heavy atom. The van der Waals surface area contributed by atoms with E-state index in [2.05, 4.69) is 14.7 Å². The first-order valence-corrected chi connectivity index (χ1v) is 5.45. The summed E-state index contributed by atoms with van der Waals surface area (Å²) in [7, 11) is 0. The van der Waals surface area contributed by atoms with Crippen molar-refractivity contribution in [3.05, 3.63) is 36.5 Å². The molecule has 0 unspecified atom stereocenters. The molecule has 8 nitrogen and oxygen atoms in total. The lowest BCUT2D eigenvalue weighted by atomic mass is 10.1. The highest BCUT2D eigenvalue weighted by molar-refractivity contribution is 5.87. The van der Waals surface area contributed by atoms with Crippen molar-refractivity contribution < 1.29 is 19.4 Å². The summed E-state index contributed by atoms with van der Waals surface area (Å²) in [5.74, 6) is 0. The molecule has 2 aromatic rings. The Morgan fingerprint density at radius 2 is 1.90 bits per heavy atom. The van der Waals surface area contributed by atoms with Gasteiger partial charge in [-0.2, -0.15) is 4.98 Å². The van der Waals surface area contributed by atoms with Crippen molar-refractivity contribution in [3.8, 4) is 17.3 Å². The summed E-state index contributed by atoms with van der Waals surface area (Å²) < 4.78 is 4.63. The number of imide groups is 1. The molecule has 1 heterocycles. The van der Waals surface area contributed by atoms with Crippen LogP contribution in [0.4, 0.5) is 15.3 Å². The van der Waals surface area contributed by atoms with Gasteiger partial charge in [-0.3, -0.25) is 0 Å². The Kier molecular flexibility index (Phi) is 3.75. The van der Waals surface area contributed by atoms with E-state index in [-0.39, 0.29) is 6.01 Å². The topological polar surface area (TPSA) is 127 Å². The van der Waals surface area contributed by atoms with E-state index in [4.69, 9.17) is 10.8 Å². The molecule has 102 valence electrons. The maximum Gasteiger partial charge on any atom is 0.424 e. The van der Waals surface area contributed by atoms with Gasteiger partial charge in [0, 0.05) is 17.4 Å².